The molecule has 0 radical (unpaired) electrons. The fourth-order valence-electron chi connectivity index (χ4n) is 3.94. The summed E-state index contributed by atoms with van der Waals surface area (Å²) in [6, 6.07) is 11.3. The van der Waals surface area contributed by atoms with E-state index in [1.54, 1.807) is 6.33 Å². The predicted molar refractivity (Wildman–Crippen MR) is 118 cm³/mol. The number of aryl methyl sites for hydroxylation is 2. The van der Waals surface area contributed by atoms with Gasteiger partial charge < -0.3 is 20.1 Å². The lowest BCUT2D eigenvalue weighted by atomic mass is 10.1. The third-order valence-corrected chi connectivity index (χ3v) is 5.62. The van der Waals surface area contributed by atoms with Crippen molar-refractivity contribution in [2.24, 2.45) is 0 Å². The molecule has 3 amide bonds. The predicted octanol–water partition coefficient (Wildman–Crippen LogP) is 3.71. The Morgan fingerprint density at radius 2 is 1.80 bits per heavy atom. The number of aromatic nitrogens is 2. The normalized spacial score (nSPS) is 13.6. The molecule has 0 bridgehead atoms. The highest BCUT2D eigenvalue weighted by Crippen LogP contribution is 2.20. The van der Waals surface area contributed by atoms with Gasteiger partial charge in [-0.25, -0.2) is 9.78 Å². The lowest BCUT2D eigenvalue weighted by Crippen LogP contribution is -2.31. The molecule has 0 unspecified atom stereocenters. The number of carbonyl (C=O) groups excluding carboxylic acids is 2. The number of urea groups is 1. The van der Waals surface area contributed by atoms with Crippen LogP contribution < -0.4 is 10.6 Å². The molecule has 1 aliphatic rings. The number of hydrogen-bond donors (Lipinski definition) is 2. The number of para-hydroxylation sites is 1. The molecule has 2 heterocycles. The van der Waals surface area contributed by atoms with E-state index in [4.69, 9.17) is 0 Å². The topological polar surface area (TPSA) is 79.3 Å². The summed E-state index contributed by atoms with van der Waals surface area (Å²) in [6.07, 6.45) is 3.90. The van der Waals surface area contributed by atoms with Gasteiger partial charge in [-0.3, -0.25) is 4.79 Å². The van der Waals surface area contributed by atoms with Gasteiger partial charge in [-0.1, -0.05) is 18.2 Å². The standard InChI is InChI=1S/C23H27N5O2/c1-16-6-5-7-17(2)21(16)26-23(30)24-10-13-28-15-25-19-14-18(8-9-20(19)28)22(29)27-11-3-4-12-27/h5-9,14-15H,3-4,10-13H2,1-2H3,(H2,24,26,30). The van der Waals surface area contributed by atoms with Crippen molar-refractivity contribution >= 4 is 28.7 Å². The van der Waals surface area contributed by atoms with Crippen molar-refractivity contribution in [2.75, 3.05) is 25.0 Å². The van der Waals surface area contributed by atoms with Crippen molar-refractivity contribution in [3.8, 4) is 0 Å². The Morgan fingerprint density at radius 1 is 1.07 bits per heavy atom. The fourth-order valence-corrected chi connectivity index (χ4v) is 3.94. The Kier molecular flexibility index (Phi) is 5.70. The maximum atomic E-state index is 12.6. The van der Waals surface area contributed by atoms with Gasteiger partial charge in [-0.2, -0.15) is 0 Å². The number of imidazole rings is 1. The summed E-state index contributed by atoms with van der Waals surface area (Å²) >= 11 is 0. The van der Waals surface area contributed by atoms with E-state index in [0.29, 0.717) is 18.7 Å². The monoisotopic (exact) mass is 405 g/mol. The average Bonchev–Trinajstić information content (AvgIpc) is 3.40. The van der Waals surface area contributed by atoms with Gasteiger partial charge in [0.1, 0.15) is 0 Å². The first kappa shape index (κ1) is 19.9. The number of hydrogen-bond acceptors (Lipinski definition) is 3. The van der Waals surface area contributed by atoms with E-state index < -0.39 is 0 Å². The molecule has 1 saturated heterocycles. The molecule has 0 atom stereocenters. The molecule has 1 aliphatic heterocycles. The molecule has 1 fully saturated rings. The molecule has 4 rings (SSSR count). The van der Waals surface area contributed by atoms with E-state index in [1.165, 1.54) is 0 Å². The second-order valence-corrected chi connectivity index (χ2v) is 7.79. The second kappa shape index (κ2) is 8.57. The molecule has 3 aromatic rings. The first-order valence-electron chi connectivity index (χ1n) is 10.4. The second-order valence-electron chi connectivity index (χ2n) is 7.79. The molecule has 7 nitrogen and oxygen atoms in total. The zero-order chi connectivity index (χ0) is 21.1. The van der Waals surface area contributed by atoms with Crippen LogP contribution in [0.15, 0.2) is 42.7 Å². The van der Waals surface area contributed by atoms with Crippen LogP contribution in [0, 0.1) is 13.8 Å². The van der Waals surface area contributed by atoms with Gasteiger partial charge in [-0.05, 0) is 56.0 Å². The summed E-state index contributed by atoms with van der Waals surface area (Å²) < 4.78 is 1.98. The molecule has 0 spiro atoms. The zero-order valence-corrected chi connectivity index (χ0v) is 17.4. The van der Waals surface area contributed by atoms with Crippen molar-refractivity contribution in [3.05, 3.63) is 59.4 Å². The maximum absolute atomic E-state index is 12.6. The van der Waals surface area contributed by atoms with Crippen molar-refractivity contribution in [1.82, 2.24) is 19.8 Å². The van der Waals surface area contributed by atoms with E-state index >= 15 is 0 Å². The molecule has 2 aromatic carbocycles. The minimum Gasteiger partial charge on any atom is -0.339 e. The first-order chi connectivity index (χ1) is 14.5. The van der Waals surface area contributed by atoms with Crippen LogP contribution in [0.3, 0.4) is 0 Å². The third-order valence-electron chi connectivity index (χ3n) is 5.62. The van der Waals surface area contributed by atoms with Crippen LogP contribution >= 0.6 is 0 Å². The summed E-state index contributed by atoms with van der Waals surface area (Å²) in [4.78, 5) is 31.2. The Morgan fingerprint density at radius 3 is 2.53 bits per heavy atom. The van der Waals surface area contributed by atoms with Crippen molar-refractivity contribution in [3.63, 3.8) is 0 Å². The minimum absolute atomic E-state index is 0.0776. The molecular weight excluding hydrogens is 378 g/mol. The Balaban J connectivity index is 1.36. The van der Waals surface area contributed by atoms with Crippen LogP contribution in [-0.4, -0.2) is 46.0 Å². The Hall–Kier alpha value is -3.35. The van der Waals surface area contributed by atoms with Gasteiger partial charge in [0.05, 0.1) is 17.4 Å². The van der Waals surface area contributed by atoms with Crippen LogP contribution in [0.25, 0.3) is 11.0 Å². The first-order valence-corrected chi connectivity index (χ1v) is 10.4. The number of nitrogens with zero attached hydrogens (tertiary/aromatic N) is 3. The van der Waals surface area contributed by atoms with E-state index in [-0.39, 0.29) is 11.9 Å². The Bertz CT molecular complexity index is 1060. The number of rotatable bonds is 5. The van der Waals surface area contributed by atoms with Gasteiger partial charge >= 0.3 is 6.03 Å². The number of anilines is 1. The molecule has 156 valence electrons. The number of likely N-dealkylation sites (tertiary alicyclic amines) is 1. The lowest BCUT2D eigenvalue weighted by molar-refractivity contribution is 0.0793. The average molecular weight is 406 g/mol. The number of nitrogens with one attached hydrogen (secondary N) is 2. The fraction of sp³-hybridized carbons (Fsp3) is 0.348. The third kappa shape index (κ3) is 4.15. The van der Waals surface area contributed by atoms with Crippen LogP contribution in [0.5, 0.6) is 0 Å². The van der Waals surface area contributed by atoms with E-state index in [2.05, 4.69) is 15.6 Å². The Labute approximate surface area is 176 Å². The molecular formula is C23H27N5O2. The van der Waals surface area contributed by atoms with E-state index in [1.807, 2.05) is 59.7 Å². The largest absolute Gasteiger partial charge is 0.339 e. The minimum atomic E-state index is -0.227. The van der Waals surface area contributed by atoms with E-state index in [0.717, 1.165) is 53.8 Å². The highest BCUT2D eigenvalue weighted by molar-refractivity contribution is 5.97. The molecule has 0 saturated carbocycles. The lowest BCUT2D eigenvalue weighted by Gasteiger charge is -2.15. The number of amides is 3. The van der Waals surface area contributed by atoms with Crippen molar-refractivity contribution in [2.45, 2.75) is 33.2 Å². The van der Waals surface area contributed by atoms with Crippen LogP contribution in [-0.2, 0) is 6.54 Å². The summed E-state index contributed by atoms with van der Waals surface area (Å²) in [5, 5.41) is 5.82. The number of carbonyl (C=O) groups is 2. The zero-order valence-electron chi connectivity index (χ0n) is 17.4. The summed E-state index contributed by atoms with van der Waals surface area (Å²) in [6.45, 7) is 6.68. The highest BCUT2D eigenvalue weighted by Gasteiger charge is 2.20. The smallest absolute Gasteiger partial charge is 0.319 e. The maximum Gasteiger partial charge on any atom is 0.319 e. The van der Waals surface area contributed by atoms with Gasteiger partial charge in [0.2, 0.25) is 0 Å². The quantitative estimate of drug-likeness (QED) is 0.679. The van der Waals surface area contributed by atoms with E-state index in [9.17, 15) is 9.59 Å². The van der Waals surface area contributed by atoms with Crippen LogP contribution in [0.1, 0.15) is 34.3 Å². The SMILES string of the molecule is Cc1cccc(C)c1NC(=O)NCCn1cnc2cc(C(=O)N3CCCC3)ccc21. The number of fused-ring (bicyclic) bond motifs is 1. The molecule has 1 aromatic heterocycles. The van der Waals surface area contributed by atoms with Gasteiger partial charge in [0.15, 0.2) is 0 Å². The van der Waals surface area contributed by atoms with Crippen LogP contribution in [0.4, 0.5) is 10.5 Å². The molecule has 7 heteroatoms. The van der Waals surface area contributed by atoms with Gasteiger partial charge in [0.25, 0.3) is 5.91 Å². The molecule has 0 aliphatic carbocycles. The van der Waals surface area contributed by atoms with Crippen LogP contribution in [0.2, 0.25) is 0 Å². The molecule has 30 heavy (non-hydrogen) atoms. The highest BCUT2D eigenvalue weighted by atomic mass is 16.2. The van der Waals surface area contributed by atoms with Crippen molar-refractivity contribution < 1.29 is 9.59 Å². The number of benzene rings is 2. The summed E-state index contributed by atoms with van der Waals surface area (Å²) in [5.74, 6) is 0.0776. The molecule has 2 N–H and O–H groups in total. The van der Waals surface area contributed by atoms with Gasteiger partial charge in [0, 0.05) is 37.4 Å². The summed E-state index contributed by atoms with van der Waals surface area (Å²) in [5.41, 5.74) is 5.33. The van der Waals surface area contributed by atoms with Crippen molar-refractivity contribution in [1.29, 1.82) is 0 Å². The summed E-state index contributed by atoms with van der Waals surface area (Å²) in [7, 11) is 0. The van der Waals surface area contributed by atoms with Gasteiger partial charge in [-0.15, -0.1) is 0 Å².